The minimum atomic E-state index is -0.764. The monoisotopic (exact) mass is 678 g/mol. The number of ether oxygens (including phenoxy) is 3. The van der Waals surface area contributed by atoms with Crippen molar-refractivity contribution in [2.45, 2.75) is 71.8 Å². The number of esters is 1. The van der Waals surface area contributed by atoms with Gasteiger partial charge in [-0.25, -0.2) is 4.79 Å². The molecule has 4 rings (SSSR count). The summed E-state index contributed by atoms with van der Waals surface area (Å²) in [6, 6.07) is 25.0. The summed E-state index contributed by atoms with van der Waals surface area (Å²) in [5, 5.41) is 5.65. The van der Waals surface area contributed by atoms with Crippen LogP contribution in [0.4, 0.5) is 5.69 Å². The number of nitrogens with one attached hydrogen (secondary N) is 2. The molecule has 9 nitrogen and oxygen atoms in total. The third-order valence-corrected chi connectivity index (χ3v) is 8.23. The number of methoxy groups -OCH3 is 1. The van der Waals surface area contributed by atoms with Gasteiger partial charge in [0.1, 0.15) is 17.2 Å². The van der Waals surface area contributed by atoms with Gasteiger partial charge in [0.2, 0.25) is 5.91 Å². The Labute approximate surface area is 294 Å². The van der Waals surface area contributed by atoms with Crippen LogP contribution in [-0.2, 0) is 22.4 Å². The van der Waals surface area contributed by atoms with Crippen LogP contribution in [0.25, 0.3) is 0 Å². The Balaban J connectivity index is 1.24. The number of Topliss-reactive ketones (excluding diaryl/α,β-unsaturated/α-hetero) is 1. The summed E-state index contributed by atoms with van der Waals surface area (Å²) >= 11 is 0. The van der Waals surface area contributed by atoms with E-state index >= 15 is 0 Å². The molecule has 4 aromatic carbocycles. The van der Waals surface area contributed by atoms with Crippen LogP contribution in [-0.4, -0.2) is 43.3 Å². The van der Waals surface area contributed by atoms with Gasteiger partial charge >= 0.3 is 5.97 Å². The predicted molar refractivity (Wildman–Crippen MR) is 194 cm³/mol. The second-order valence-electron chi connectivity index (χ2n) is 12.3. The molecule has 4 aromatic rings. The van der Waals surface area contributed by atoms with Gasteiger partial charge in [-0.2, -0.15) is 0 Å². The van der Waals surface area contributed by atoms with Gasteiger partial charge in [-0.1, -0.05) is 56.9 Å². The molecule has 50 heavy (non-hydrogen) atoms. The summed E-state index contributed by atoms with van der Waals surface area (Å²) < 4.78 is 16.6. The normalized spacial score (nSPS) is 11.3. The number of ketones is 1. The average Bonchev–Trinajstić information content (AvgIpc) is 3.10. The second-order valence-corrected chi connectivity index (χ2v) is 12.3. The Hall–Kier alpha value is -5.44. The van der Waals surface area contributed by atoms with Crippen LogP contribution in [0.2, 0.25) is 0 Å². The SMILES string of the molecule is CCCCCCCOc1ccc(C(=O)Oc2ccc(C[C@H](NC(=O)c3ccc(NC(=O)Cc4ccc(OC)c(C)c4)cc3)C(C)=O)cc2)cc1. The smallest absolute Gasteiger partial charge is 0.343 e. The van der Waals surface area contributed by atoms with E-state index in [1.54, 1.807) is 79.9 Å². The molecule has 0 fully saturated rings. The number of carbonyl (C=O) groups is 4. The Kier molecular flexibility index (Phi) is 14.2. The molecule has 9 heteroatoms. The van der Waals surface area contributed by atoms with E-state index in [9.17, 15) is 19.2 Å². The molecule has 0 aliphatic carbocycles. The molecule has 0 saturated carbocycles. The van der Waals surface area contributed by atoms with Crippen LogP contribution in [0.5, 0.6) is 17.2 Å². The first kappa shape index (κ1) is 37.4. The van der Waals surface area contributed by atoms with Crippen molar-refractivity contribution in [3.05, 3.63) is 119 Å². The highest BCUT2D eigenvalue weighted by Crippen LogP contribution is 2.20. The van der Waals surface area contributed by atoms with Gasteiger partial charge in [0.25, 0.3) is 5.91 Å². The molecule has 0 unspecified atom stereocenters. The minimum Gasteiger partial charge on any atom is -0.496 e. The van der Waals surface area contributed by atoms with E-state index < -0.39 is 17.9 Å². The van der Waals surface area contributed by atoms with Crippen molar-refractivity contribution in [3.8, 4) is 17.2 Å². The highest BCUT2D eigenvalue weighted by Gasteiger charge is 2.19. The van der Waals surface area contributed by atoms with Gasteiger partial charge < -0.3 is 24.8 Å². The molecule has 0 aromatic heterocycles. The molecule has 262 valence electrons. The van der Waals surface area contributed by atoms with E-state index in [0.29, 0.717) is 34.9 Å². The maximum Gasteiger partial charge on any atom is 0.343 e. The van der Waals surface area contributed by atoms with Crippen molar-refractivity contribution in [2.24, 2.45) is 0 Å². The lowest BCUT2D eigenvalue weighted by Crippen LogP contribution is -2.41. The summed E-state index contributed by atoms with van der Waals surface area (Å²) in [5.74, 6) is 0.550. The minimum absolute atomic E-state index is 0.188. The topological polar surface area (TPSA) is 120 Å². The van der Waals surface area contributed by atoms with E-state index in [4.69, 9.17) is 14.2 Å². The van der Waals surface area contributed by atoms with Crippen LogP contribution in [0.3, 0.4) is 0 Å². The fourth-order valence-corrected chi connectivity index (χ4v) is 5.36. The zero-order valence-corrected chi connectivity index (χ0v) is 29.3. The van der Waals surface area contributed by atoms with Gasteiger partial charge in [-0.15, -0.1) is 0 Å². The molecule has 0 aliphatic heterocycles. The number of anilines is 1. The number of benzene rings is 4. The number of hydrogen-bond acceptors (Lipinski definition) is 7. The second kappa shape index (κ2) is 18.9. The number of hydrogen-bond donors (Lipinski definition) is 2. The van der Waals surface area contributed by atoms with Crippen LogP contribution in [0, 0.1) is 6.92 Å². The largest absolute Gasteiger partial charge is 0.496 e. The van der Waals surface area contributed by atoms with Crippen molar-refractivity contribution in [1.82, 2.24) is 5.32 Å². The molecular formula is C41H46N2O7. The van der Waals surface area contributed by atoms with Gasteiger partial charge in [-0.05, 0) is 110 Å². The summed E-state index contributed by atoms with van der Waals surface area (Å²) in [4.78, 5) is 50.7. The number of carbonyl (C=O) groups excluding carboxylic acids is 4. The Morgan fingerprint density at radius 1 is 0.740 bits per heavy atom. The lowest BCUT2D eigenvalue weighted by molar-refractivity contribution is -0.119. The molecular weight excluding hydrogens is 632 g/mol. The van der Waals surface area contributed by atoms with E-state index in [0.717, 1.165) is 35.3 Å². The maximum absolute atomic E-state index is 13.0. The molecule has 0 heterocycles. The highest BCUT2D eigenvalue weighted by atomic mass is 16.5. The zero-order valence-electron chi connectivity index (χ0n) is 29.3. The van der Waals surface area contributed by atoms with E-state index in [2.05, 4.69) is 17.6 Å². The van der Waals surface area contributed by atoms with Gasteiger partial charge in [-0.3, -0.25) is 14.4 Å². The van der Waals surface area contributed by atoms with Crippen molar-refractivity contribution in [1.29, 1.82) is 0 Å². The Morgan fingerprint density at radius 2 is 1.38 bits per heavy atom. The molecule has 0 aliphatic rings. The van der Waals surface area contributed by atoms with Gasteiger partial charge in [0.05, 0.1) is 31.7 Å². The van der Waals surface area contributed by atoms with Crippen molar-refractivity contribution < 1.29 is 33.4 Å². The van der Waals surface area contributed by atoms with E-state index in [1.165, 1.54) is 26.2 Å². The maximum atomic E-state index is 13.0. The standard InChI is InChI=1S/C41H46N2O7/c1-5-6-7-8-9-24-49-35-21-15-33(16-22-35)41(47)50-36-19-10-30(11-20-36)26-37(29(3)44)43-40(46)32-13-17-34(18-14-32)42-39(45)27-31-12-23-38(48-4)28(2)25-31/h10-23,25,37H,5-9,24,26-27H2,1-4H3,(H,42,45)(H,43,46)/t37-/m0/s1. The molecule has 0 spiro atoms. The number of amides is 2. The van der Waals surface area contributed by atoms with Crippen LogP contribution in [0.1, 0.15) is 83.4 Å². The predicted octanol–water partition coefficient (Wildman–Crippen LogP) is 7.68. The number of rotatable bonds is 18. The fourth-order valence-electron chi connectivity index (χ4n) is 5.36. The molecule has 0 radical (unpaired) electrons. The third-order valence-electron chi connectivity index (χ3n) is 8.23. The van der Waals surface area contributed by atoms with Crippen LogP contribution >= 0.6 is 0 Å². The van der Waals surface area contributed by atoms with Crippen molar-refractivity contribution >= 4 is 29.3 Å². The zero-order chi connectivity index (χ0) is 35.9. The summed E-state index contributed by atoms with van der Waals surface area (Å²) in [6.45, 7) is 6.18. The van der Waals surface area contributed by atoms with Gasteiger partial charge in [0.15, 0.2) is 5.78 Å². The third kappa shape index (κ3) is 11.6. The van der Waals surface area contributed by atoms with E-state index in [-0.39, 0.29) is 24.5 Å². The Morgan fingerprint density at radius 3 is 2.02 bits per heavy atom. The first-order valence-corrected chi connectivity index (χ1v) is 17.0. The van der Waals surface area contributed by atoms with E-state index in [1.807, 2.05) is 25.1 Å². The quantitative estimate of drug-likeness (QED) is 0.0629. The highest BCUT2D eigenvalue weighted by molar-refractivity contribution is 5.98. The molecule has 1 atom stereocenters. The van der Waals surface area contributed by atoms with Crippen molar-refractivity contribution in [2.75, 3.05) is 19.0 Å². The molecule has 0 saturated heterocycles. The molecule has 2 amide bonds. The summed E-state index contributed by atoms with van der Waals surface area (Å²) in [6.07, 6.45) is 6.26. The molecule has 2 N–H and O–H groups in total. The Bertz CT molecular complexity index is 1730. The van der Waals surface area contributed by atoms with Crippen LogP contribution < -0.4 is 24.8 Å². The average molecular weight is 679 g/mol. The summed E-state index contributed by atoms with van der Waals surface area (Å²) in [7, 11) is 1.61. The van der Waals surface area contributed by atoms with Crippen LogP contribution in [0.15, 0.2) is 91.0 Å². The van der Waals surface area contributed by atoms with Gasteiger partial charge in [0, 0.05) is 11.3 Å². The number of unbranched alkanes of at least 4 members (excludes halogenated alkanes) is 4. The lowest BCUT2D eigenvalue weighted by atomic mass is 10.0. The summed E-state index contributed by atoms with van der Waals surface area (Å²) in [5.41, 5.74) is 3.90. The fraction of sp³-hybridized carbons (Fsp3) is 0.317. The number of aryl methyl sites for hydroxylation is 1. The first-order chi connectivity index (χ1) is 24.1. The first-order valence-electron chi connectivity index (χ1n) is 17.0. The molecule has 0 bridgehead atoms. The lowest BCUT2D eigenvalue weighted by Gasteiger charge is -2.17. The van der Waals surface area contributed by atoms with Crippen molar-refractivity contribution in [3.63, 3.8) is 0 Å².